The van der Waals surface area contributed by atoms with Crippen molar-refractivity contribution < 1.29 is 9.84 Å². The molecule has 1 atom stereocenters. The summed E-state index contributed by atoms with van der Waals surface area (Å²) in [5.74, 6) is 0.971. The van der Waals surface area contributed by atoms with Crippen molar-refractivity contribution in [1.29, 1.82) is 0 Å². The highest BCUT2D eigenvalue weighted by Crippen LogP contribution is 2.45. The van der Waals surface area contributed by atoms with Gasteiger partial charge in [0.1, 0.15) is 17.3 Å². The molecule has 5 heteroatoms. The van der Waals surface area contributed by atoms with E-state index in [9.17, 15) is 5.11 Å². The summed E-state index contributed by atoms with van der Waals surface area (Å²) in [4.78, 5) is 11.2. The molecule has 2 aromatic rings. The van der Waals surface area contributed by atoms with E-state index in [2.05, 4.69) is 9.97 Å². The van der Waals surface area contributed by atoms with Gasteiger partial charge in [0, 0.05) is 10.8 Å². The number of aliphatic hydroxyl groups is 1. The highest BCUT2D eigenvalue weighted by atomic mass is 32.1. The van der Waals surface area contributed by atoms with Gasteiger partial charge in [-0.25, -0.2) is 9.97 Å². The first kappa shape index (κ1) is 13.5. The molecule has 21 heavy (non-hydrogen) atoms. The molecule has 0 amide bonds. The normalized spacial score (nSPS) is 22.6. The van der Waals surface area contributed by atoms with E-state index in [-0.39, 0.29) is 12.5 Å². The van der Waals surface area contributed by atoms with Crippen molar-refractivity contribution in [3.8, 4) is 5.88 Å². The summed E-state index contributed by atoms with van der Waals surface area (Å²) in [6.07, 6.45) is 10.1. The summed E-state index contributed by atoms with van der Waals surface area (Å²) < 4.78 is 6.22. The molecule has 0 saturated heterocycles. The highest BCUT2D eigenvalue weighted by Gasteiger charge is 2.30. The van der Waals surface area contributed by atoms with Crippen molar-refractivity contribution >= 4 is 21.6 Å². The molecule has 0 spiro atoms. The van der Waals surface area contributed by atoms with Crippen LogP contribution in [0.15, 0.2) is 6.33 Å². The van der Waals surface area contributed by atoms with Gasteiger partial charge in [0.05, 0.1) is 12.0 Å². The molecule has 2 aliphatic carbocycles. The van der Waals surface area contributed by atoms with Crippen LogP contribution in [-0.2, 0) is 6.42 Å². The van der Waals surface area contributed by atoms with Gasteiger partial charge in [0.25, 0.3) is 0 Å². The van der Waals surface area contributed by atoms with Crippen molar-refractivity contribution in [2.45, 2.75) is 57.0 Å². The second-order valence-electron chi connectivity index (χ2n) is 6.09. The molecule has 0 aromatic carbocycles. The fourth-order valence-corrected chi connectivity index (χ4v) is 4.88. The smallest absolute Gasteiger partial charge is 0.225 e. The third kappa shape index (κ3) is 2.32. The number of aromatic nitrogens is 2. The van der Waals surface area contributed by atoms with Gasteiger partial charge in [-0.05, 0) is 44.1 Å². The molecule has 0 bridgehead atoms. The molecule has 4 nitrogen and oxygen atoms in total. The van der Waals surface area contributed by atoms with Crippen molar-refractivity contribution in [2.75, 3.05) is 6.61 Å². The number of aliphatic hydroxyl groups excluding tert-OH is 1. The lowest BCUT2D eigenvalue weighted by Crippen LogP contribution is -2.20. The maximum atomic E-state index is 9.63. The van der Waals surface area contributed by atoms with Crippen LogP contribution in [-0.4, -0.2) is 27.8 Å². The zero-order valence-electron chi connectivity index (χ0n) is 12.0. The topological polar surface area (TPSA) is 55.2 Å². The van der Waals surface area contributed by atoms with Crippen LogP contribution in [0.3, 0.4) is 0 Å². The van der Waals surface area contributed by atoms with Gasteiger partial charge in [-0.3, -0.25) is 0 Å². The molecular formula is C16H20N2O2S. The van der Waals surface area contributed by atoms with E-state index in [0.717, 1.165) is 41.8 Å². The third-order valence-electron chi connectivity index (χ3n) is 4.75. The largest absolute Gasteiger partial charge is 0.474 e. The molecule has 0 aliphatic heterocycles. The second-order valence-corrected chi connectivity index (χ2v) is 7.18. The molecule has 112 valence electrons. The first-order chi connectivity index (χ1) is 10.4. The molecule has 0 radical (unpaired) electrons. The predicted molar refractivity (Wildman–Crippen MR) is 83.1 cm³/mol. The molecule has 1 fully saturated rings. The van der Waals surface area contributed by atoms with Crippen LogP contribution in [0.25, 0.3) is 10.2 Å². The summed E-state index contributed by atoms with van der Waals surface area (Å²) in [5, 5.41) is 10.7. The average Bonchev–Trinajstić information content (AvgIpc) is 3.07. The van der Waals surface area contributed by atoms with Crippen LogP contribution in [0.2, 0.25) is 0 Å². The quantitative estimate of drug-likeness (QED) is 0.944. The summed E-state index contributed by atoms with van der Waals surface area (Å²) in [7, 11) is 0. The molecule has 4 rings (SSSR count). The number of hydrogen-bond donors (Lipinski definition) is 1. The first-order valence-corrected chi connectivity index (χ1v) is 8.72. The van der Waals surface area contributed by atoms with Gasteiger partial charge >= 0.3 is 0 Å². The zero-order chi connectivity index (χ0) is 14.2. The minimum atomic E-state index is 0.205. The van der Waals surface area contributed by atoms with Crippen molar-refractivity contribution in [3.05, 3.63) is 16.8 Å². The van der Waals surface area contributed by atoms with Crippen LogP contribution < -0.4 is 4.74 Å². The van der Waals surface area contributed by atoms with Crippen LogP contribution >= 0.6 is 11.3 Å². The third-order valence-corrected chi connectivity index (χ3v) is 5.92. The molecule has 2 heterocycles. The first-order valence-electron chi connectivity index (χ1n) is 7.90. The number of hydrogen-bond acceptors (Lipinski definition) is 5. The highest BCUT2D eigenvalue weighted by molar-refractivity contribution is 7.19. The molecular weight excluding hydrogens is 284 g/mol. The van der Waals surface area contributed by atoms with Crippen LogP contribution in [0.4, 0.5) is 0 Å². The minimum Gasteiger partial charge on any atom is -0.474 e. The standard InChI is InChI=1S/C16H20N2O2S/c19-8-10-6-7-12-13(10)14-15(17-9-18-16(14)21-12)20-11-4-2-1-3-5-11/h9-11,19H,1-8H2. The number of aryl methyl sites for hydroxylation is 1. The van der Waals surface area contributed by atoms with E-state index in [4.69, 9.17) is 4.74 Å². The Balaban J connectivity index is 1.74. The van der Waals surface area contributed by atoms with Crippen LogP contribution in [0.1, 0.15) is 54.9 Å². The fraction of sp³-hybridized carbons (Fsp3) is 0.625. The fourth-order valence-electron chi connectivity index (χ4n) is 3.65. The minimum absolute atomic E-state index is 0.205. The Bertz CT molecular complexity index is 649. The molecule has 2 aliphatic rings. The Labute approximate surface area is 128 Å². The van der Waals surface area contributed by atoms with E-state index in [1.807, 2.05) is 0 Å². The number of nitrogens with zero attached hydrogens (tertiary/aromatic N) is 2. The summed E-state index contributed by atoms with van der Waals surface area (Å²) >= 11 is 1.74. The number of thiophene rings is 1. The molecule has 2 aromatic heterocycles. The van der Waals surface area contributed by atoms with Gasteiger partial charge in [-0.2, -0.15) is 0 Å². The summed E-state index contributed by atoms with van der Waals surface area (Å²) in [6.45, 7) is 0.205. The number of fused-ring (bicyclic) bond motifs is 3. The Hall–Kier alpha value is -1.20. The monoisotopic (exact) mass is 304 g/mol. The van der Waals surface area contributed by atoms with Crippen molar-refractivity contribution in [2.24, 2.45) is 0 Å². The number of ether oxygens (including phenoxy) is 1. The van der Waals surface area contributed by atoms with Gasteiger partial charge < -0.3 is 9.84 Å². The van der Waals surface area contributed by atoms with E-state index in [1.165, 1.54) is 29.7 Å². The number of rotatable bonds is 3. The van der Waals surface area contributed by atoms with Gasteiger partial charge in [0.15, 0.2) is 0 Å². The van der Waals surface area contributed by atoms with Gasteiger partial charge in [-0.15, -0.1) is 11.3 Å². The lowest BCUT2D eigenvalue weighted by molar-refractivity contribution is 0.150. The Kier molecular flexibility index (Phi) is 3.55. The second kappa shape index (κ2) is 5.54. The summed E-state index contributed by atoms with van der Waals surface area (Å²) in [6, 6.07) is 0. The van der Waals surface area contributed by atoms with Crippen LogP contribution in [0, 0.1) is 0 Å². The predicted octanol–water partition coefficient (Wildman–Crippen LogP) is 3.42. The average molecular weight is 304 g/mol. The van der Waals surface area contributed by atoms with Crippen molar-refractivity contribution in [3.63, 3.8) is 0 Å². The summed E-state index contributed by atoms with van der Waals surface area (Å²) in [5.41, 5.74) is 1.25. The van der Waals surface area contributed by atoms with Gasteiger partial charge in [-0.1, -0.05) is 6.42 Å². The van der Waals surface area contributed by atoms with Crippen molar-refractivity contribution in [1.82, 2.24) is 9.97 Å². The van der Waals surface area contributed by atoms with E-state index in [0.29, 0.717) is 6.10 Å². The Morgan fingerprint density at radius 2 is 2.05 bits per heavy atom. The molecule has 1 N–H and O–H groups in total. The van der Waals surface area contributed by atoms with Gasteiger partial charge in [0.2, 0.25) is 5.88 Å². The SMILES string of the molecule is OCC1CCc2sc3ncnc(OC4CCCCC4)c3c21. The van der Waals surface area contributed by atoms with E-state index < -0.39 is 0 Å². The van der Waals surface area contributed by atoms with E-state index in [1.54, 1.807) is 17.7 Å². The van der Waals surface area contributed by atoms with E-state index >= 15 is 0 Å². The maximum absolute atomic E-state index is 9.63. The molecule has 1 saturated carbocycles. The van der Waals surface area contributed by atoms with Crippen LogP contribution in [0.5, 0.6) is 5.88 Å². The zero-order valence-corrected chi connectivity index (χ0v) is 12.9. The lowest BCUT2D eigenvalue weighted by Gasteiger charge is -2.23. The Morgan fingerprint density at radius 3 is 2.86 bits per heavy atom. The maximum Gasteiger partial charge on any atom is 0.225 e. The lowest BCUT2D eigenvalue weighted by atomic mass is 9.97. The Morgan fingerprint density at radius 1 is 1.19 bits per heavy atom. The molecule has 1 unspecified atom stereocenters.